The van der Waals surface area contributed by atoms with Crippen molar-refractivity contribution in [1.29, 1.82) is 0 Å². The monoisotopic (exact) mass is 364 g/mol. The summed E-state index contributed by atoms with van der Waals surface area (Å²) in [5, 5.41) is 0. The quantitative estimate of drug-likeness (QED) is 0.883. The van der Waals surface area contributed by atoms with Gasteiger partial charge in [-0.1, -0.05) is 6.07 Å². The molecule has 1 aliphatic heterocycles. The van der Waals surface area contributed by atoms with E-state index in [1.54, 1.807) is 6.07 Å². The van der Waals surface area contributed by atoms with Crippen molar-refractivity contribution in [2.24, 2.45) is 5.73 Å². The van der Waals surface area contributed by atoms with Crippen molar-refractivity contribution < 1.29 is 12.8 Å². The summed E-state index contributed by atoms with van der Waals surface area (Å²) in [6, 6.07) is 4.66. The fraction of sp³-hybridized carbons (Fsp3) is 0.538. The first kappa shape index (κ1) is 15.9. The molecule has 2 N–H and O–H groups in total. The Balaban J connectivity index is 2.21. The zero-order valence-electron chi connectivity index (χ0n) is 11.2. The molecule has 2 rings (SSSR count). The van der Waals surface area contributed by atoms with Crippen molar-refractivity contribution in [2.75, 3.05) is 25.1 Å². The molecule has 0 amide bonds. The highest BCUT2D eigenvalue weighted by Crippen LogP contribution is 2.28. The molecule has 112 valence electrons. The summed E-state index contributed by atoms with van der Waals surface area (Å²) in [6.07, 6.45) is 0.605. The van der Waals surface area contributed by atoms with Gasteiger partial charge in [0.25, 0.3) is 0 Å². The molecular formula is C13H18BrFN2O2S. The number of nitrogens with zero attached hydrogens (tertiary/aromatic N) is 1. The molecule has 1 aliphatic rings. The van der Waals surface area contributed by atoms with Crippen LogP contribution in [0.4, 0.5) is 4.39 Å². The Morgan fingerprint density at radius 1 is 1.55 bits per heavy atom. The third-order valence-corrected chi connectivity index (χ3v) is 6.22. The van der Waals surface area contributed by atoms with Crippen LogP contribution in [0, 0.1) is 5.82 Å². The first-order chi connectivity index (χ1) is 9.34. The Hall–Kier alpha value is -0.500. The Morgan fingerprint density at radius 2 is 2.25 bits per heavy atom. The van der Waals surface area contributed by atoms with Crippen molar-refractivity contribution in [3.63, 3.8) is 0 Å². The van der Waals surface area contributed by atoms with Crippen molar-refractivity contribution in [1.82, 2.24) is 4.90 Å². The summed E-state index contributed by atoms with van der Waals surface area (Å²) < 4.78 is 37.2. The van der Waals surface area contributed by atoms with E-state index in [-0.39, 0.29) is 29.4 Å². The van der Waals surface area contributed by atoms with E-state index in [4.69, 9.17) is 5.73 Å². The molecule has 0 saturated carbocycles. The second kappa shape index (κ2) is 6.09. The molecule has 4 nitrogen and oxygen atoms in total. The third kappa shape index (κ3) is 3.39. The first-order valence-electron chi connectivity index (χ1n) is 6.41. The summed E-state index contributed by atoms with van der Waals surface area (Å²) in [7, 11) is -1.09. The third-order valence-electron chi connectivity index (χ3n) is 3.83. The van der Waals surface area contributed by atoms with Crippen LogP contribution >= 0.6 is 15.9 Å². The maximum atomic E-state index is 13.6. The van der Waals surface area contributed by atoms with E-state index in [1.165, 1.54) is 6.07 Å². The van der Waals surface area contributed by atoms with Crippen LogP contribution in [-0.4, -0.2) is 44.5 Å². The minimum Gasteiger partial charge on any atom is -0.329 e. The van der Waals surface area contributed by atoms with Gasteiger partial charge in [0.15, 0.2) is 9.84 Å². The standard InChI is InChI=1S/C13H18BrFN2O2S/c1-17(10-4-5-20(18,19)8-10)13(7-16)9-2-3-11(14)12(15)6-9/h2-3,6,10,13H,4-5,7-8,16H2,1H3. The van der Waals surface area contributed by atoms with Crippen LogP contribution in [0.1, 0.15) is 18.0 Å². The highest BCUT2D eigenvalue weighted by Gasteiger charge is 2.33. The zero-order valence-corrected chi connectivity index (χ0v) is 13.6. The van der Waals surface area contributed by atoms with Crippen LogP contribution in [0.5, 0.6) is 0 Å². The number of hydrogen-bond acceptors (Lipinski definition) is 4. The van der Waals surface area contributed by atoms with E-state index in [1.807, 2.05) is 18.0 Å². The minimum atomic E-state index is -2.94. The Kier molecular flexibility index (Phi) is 4.84. The van der Waals surface area contributed by atoms with E-state index in [0.29, 0.717) is 17.4 Å². The number of rotatable bonds is 4. The lowest BCUT2D eigenvalue weighted by atomic mass is 10.0. The molecule has 20 heavy (non-hydrogen) atoms. The molecule has 0 aliphatic carbocycles. The molecule has 1 fully saturated rings. The number of nitrogens with two attached hydrogens (primary N) is 1. The summed E-state index contributed by atoms with van der Waals surface area (Å²) in [4.78, 5) is 1.95. The highest BCUT2D eigenvalue weighted by molar-refractivity contribution is 9.10. The molecule has 1 aromatic carbocycles. The topological polar surface area (TPSA) is 63.4 Å². The summed E-state index contributed by atoms with van der Waals surface area (Å²) in [5.74, 6) is 0.0286. The van der Waals surface area contributed by atoms with Crippen LogP contribution < -0.4 is 5.73 Å². The van der Waals surface area contributed by atoms with Gasteiger partial charge in [-0.3, -0.25) is 4.90 Å². The number of halogens is 2. The van der Waals surface area contributed by atoms with Crippen LogP contribution in [0.2, 0.25) is 0 Å². The predicted molar refractivity (Wildman–Crippen MR) is 80.7 cm³/mol. The molecule has 1 saturated heterocycles. The van der Waals surface area contributed by atoms with Crippen molar-refractivity contribution in [2.45, 2.75) is 18.5 Å². The first-order valence-corrected chi connectivity index (χ1v) is 9.03. The maximum Gasteiger partial charge on any atom is 0.151 e. The molecule has 0 spiro atoms. The van der Waals surface area contributed by atoms with E-state index in [2.05, 4.69) is 15.9 Å². The predicted octanol–water partition coefficient (Wildman–Crippen LogP) is 1.71. The average Bonchev–Trinajstić information content (AvgIpc) is 2.75. The Labute approximate surface area is 127 Å². The average molecular weight is 365 g/mol. The van der Waals surface area contributed by atoms with Gasteiger partial charge in [0, 0.05) is 18.6 Å². The molecule has 1 heterocycles. The van der Waals surface area contributed by atoms with Gasteiger partial charge in [0.05, 0.1) is 16.0 Å². The molecule has 0 radical (unpaired) electrons. The lowest BCUT2D eigenvalue weighted by Crippen LogP contribution is -2.39. The SMILES string of the molecule is CN(C1CCS(=O)(=O)C1)C(CN)c1ccc(Br)c(F)c1. The van der Waals surface area contributed by atoms with Gasteiger partial charge in [-0.2, -0.15) is 0 Å². The maximum absolute atomic E-state index is 13.6. The van der Waals surface area contributed by atoms with Gasteiger partial charge in [-0.25, -0.2) is 12.8 Å². The molecular weight excluding hydrogens is 347 g/mol. The van der Waals surface area contributed by atoms with E-state index in [9.17, 15) is 12.8 Å². The van der Waals surface area contributed by atoms with Gasteiger partial charge in [-0.15, -0.1) is 0 Å². The van der Waals surface area contributed by atoms with Crippen molar-refractivity contribution in [3.05, 3.63) is 34.1 Å². The Bertz CT molecular complexity index is 594. The molecule has 0 aromatic heterocycles. The lowest BCUT2D eigenvalue weighted by molar-refractivity contribution is 0.192. The van der Waals surface area contributed by atoms with Gasteiger partial charge < -0.3 is 5.73 Å². The van der Waals surface area contributed by atoms with Crippen molar-refractivity contribution >= 4 is 25.8 Å². The Morgan fingerprint density at radius 3 is 2.75 bits per heavy atom. The summed E-state index contributed by atoms with van der Waals surface area (Å²) >= 11 is 3.12. The molecule has 0 bridgehead atoms. The van der Waals surface area contributed by atoms with Crippen LogP contribution in [0.25, 0.3) is 0 Å². The van der Waals surface area contributed by atoms with Crippen molar-refractivity contribution in [3.8, 4) is 0 Å². The summed E-state index contributed by atoms with van der Waals surface area (Å²) in [6.45, 7) is 0.314. The van der Waals surface area contributed by atoms with E-state index >= 15 is 0 Å². The van der Waals surface area contributed by atoms with Gasteiger partial charge in [-0.05, 0) is 47.1 Å². The smallest absolute Gasteiger partial charge is 0.151 e. The number of likely N-dealkylation sites (N-methyl/N-ethyl adjacent to an activating group) is 1. The molecule has 2 unspecified atom stereocenters. The fourth-order valence-electron chi connectivity index (χ4n) is 2.61. The van der Waals surface area contributed by atoms with E-state index < -0.39 is 9.84 Å². The number of benzene rings is 1. The highest BCUT2D eigenvalue weighted by atomic mass is 79.9. The van der Waals surface area contributed by atoms with Gasteiger partial charge in [0.2, 0.25) is 0 Å². The van der Waals surface area contributed by atoms with Crippen LogP contribution in [0.15, 0.2) is 22.7 Å². The summed E-state index contributed by atoms with van der Waals surface area (Å²) in [5.41, 5.74) is 6.57. The molecule has 1 aromatic rings. The zero-order chi connectivity index (χ0) is 14.9. The second-order valence-electron chi connectivity index (χ2n) is 5.15. The lowest BCUT2D eigenvalue weighted by Gasteiger charge is -2.32. The molecule has 7 heteroatoms. The number of hydrogen-bond donors (Lipinski definition) is 1. The second-order valence-corrected chi connectivity index (χ2v) is 8.23. The minimum absolute atomic E-state index is 0.0553. The van der Waals surface area contributed by atoms with Gasteiger partial charge >= 0.3 is 0 Å². The van der Waals surface area contributed by atoms with E-state index in [0.717, 1.165) is 5.56 Å². The van der Waals surface area contributed by atoms with Crippen LogP contribution in [-0.2, 0) is 9.84 Å². The van der Waals surface area contributed by atoms with Gasteiger partial charge in [0.1, 0.15) is 5.82 Å². The van der Waals surface area contributed by atoms with Crippen LogP contribution in [0.3, 0.4) is 0 Å². The largest absolute Gasteiger partial charge is 0.329 e. The number of sulfone groups is 1. The molecule has 2 atom stereocenters. The normalized spacial score (nSPS) is 23.1. The fourth-order valence-corrected chi connectivity index (χ4v) is 4.64.